The first kappa shape index (κ1) is 18.3. The van der Waals surface area contributed by atoms with Crippen molar-refractivity contribution in [3.63, 3.8) is 0 Å². The van der Waals surface area contributed by atoms with Crippen LogP contribution in [0.25, 0.3) is 0 Å². The van der Waals surface area contributed by atoms with Crippen molar-refractivity contribution >= 4 is 5.82 Å². The van der Waals surface area contributed by atoms with Crippen molar-refractivity contribution in [1.29, 1.82) is 0 Å². The Bertz CT molecular complexity index is 814. The van der Waals surface area contributed by atoms with E-state index in [-0.39, 0.29) is 17.4 Å². The van der Waals surface area contributed by atoms with Gasteiger partial charge in [0.05, 0.1) is 5.69 Å². The van der Waals surface area contributed by atoms with Gasteiger partial charge in [0, 0.05) is 44.9 Å². The highest BCUT2D eigenvalue weighted by atomic mass is 19.4. The number of aromatic nitrogens is 4. The predicted molar refractivity (Wildman–Crippen MR) is 88.4 cm³/mol. The number of nitrogens with one attached hydrogen (secondary N) is 1. The van der Waals surface area contributed by atoms with Crippen LogP contribution < -0.4 is 10.9 Å². The number of rotatable bonds is 4. The minimum absolute atomic E-state index is 0.0512. The molecule has 0 spiro atoms. The molecule has 1 aliphatic heterocycles. The summed E-state index contributed by atoms with van der Waals surface area (Å²) in [6.45, 7) is 2.19. The lowest BCUT2D eigenvalue weighted by Gasteiger charge is -2.32. The molecule has 0 unspecified atom stereocenters. The van der Waals surface area contributed by atoms with E-state index in [1.807, 2.05) is 0 Å². The quantitative estimate of drug-likeness (QED) is 0.885. The Labute approximate surface area is 147 Å². The molecule has 10 heteroatoms. The second kappa shape index (κ2) is 7.40. The van der Waals surface area contributed by atoms with Crippen LogP contribution in [0, 0.1) is 0 Å². The fraction of sp³-hybridized carbons (Fsp3) is 0.500. The molecule has 3 heterocycles. The van der Waals surface area contributed by atoms with Crippen molar-refractivity contribution in [2.24, 2.45) is 7.05 Å². The summed E-state index contributed by atoms with van der Waals surface area (Å²) in [5.74, 6) is 0.186. The van der Waals surface area contributed by atoms with Crippen molar-refractivity contribution in [2.45, 2.75) is 31.6 Å². The van der Waals surface area contributed by atoms with E-state index in [2.05, 4.69) is 25.3 Å². The van der Waals surface area contributed by atoms with Crippen LogP contribution in [0.3, 0.4) is 0 Å². The Morgan fingerprint density at radius 1 is 1.23 bits per heavy atom. The third-order valence-electron chi connectivity index (χ3n) is 4.30. The number of likely N-dealkylation sites (tertiary alicyclic amines) is 1. The van der Waals surface area contributed by atoms with Crippen molar-refractivity contribution in [1.82, 2.24) is 24.6 Å². The molecular weight excluding hydrogens is 349 g/mol. The Hall–Kier alpha value is -2.49. The molecule has 2 aromatic rings. The monoisotopic (exact) mass is 368 g/mol. The highest BCUT2D eigenvalue weighted by Crippen LogP contribution is 2.28. The van der Waals surface area contributed by atoms with E-state index >= 15 is 0 Å². The van der Waals surface area contributed by atoms with Crippen molar-refractivity contribution in [2.75, 3.05) is 18.4 Å². The van der Waals surface area contributed by atoms with Crippen LogP contribution in [0.15, 0.2) is 29.3 Å². The van der Waals surface area contributed by atoms with Gasteiger partial charge in [-0.1, -0.05) is 0 Å². The first-order valence-corrected chi connectivity index (χ1v) is 8.22. The molecule has 26 heavy (non-hydrogen) atoms. The highest BCUT2D eigenvalue weighted by molar-refractivity contribution is 5.36. The summed E-state index contributed by atoms with van der Waals surface area (Å²) in [7, 11) is 1.61. The summed E-state index contributed by atoms with van der Waals surface area (Å²) in [6.07, 6.45) is -2.01. The normalized spacial score (nSPS) is 16.6. The molecule has 0 amide bonds. The molecule has 140 valence electrons. The zero-order chi connectivity index (χ0) is 18.7. The molecular formula is C16H19F3N6O. The standard InChI is InChI=1S/C16H19F3N6O/c1-24-15(26)3-2-12(23-24)9-25-6-4-11(5-7-25)22-14-8-13(16(17,18)19)20-10-21-14/h2-3,8,10-11H,4-7,9H2,1H3,(H,20,21,22). The maximum Gasteiger partial charge on any atom is 0.433 e. The van der Waals surface area contributed by atoms with Gasteiger partial charge in [-0.15, -0.1) is 0 Å². The summed E-state index contributed by atoms with van der Waals surface area (Å²) in [6, 6.07) is 4.19. The number of anilines is 1. The van der Waals surface area contributed by atoms with Gasteiger partial charge in [0.25, 0.3) is 5.56 Å². The zero-order valence-electron chi connectivity index (χ0n) is 14.2. The molecule has 7 nitrogen and oxygen atoms in total. The number of hydrogen-bond donors (Lipinski definition) is 1. The topological polar surface area (TPSA) is 75.9 Å². The molecule has 0 radical (unpaired) electrons. The summed E-state index contributed by atoms with van der Waals surface area (Å²) in [5, 5.41) is 7.27. The van der Waals surface area contributed by atoms with Crippen molar-refractivity contribution < 1.29 is 13.2 Å². The largest absolute Gasteiger partial charge is 0.433 e. The van der Waals surface area contributed by atoms with Crippen LogP contribution in [-0.2, 0) is 19.8 Å². The van der Waals surface area contributed by atoms with Gasteiger partial charge in [-0.3, -0.25) is 9.69 Å². The number of nitrogens with zero attached hydrogens (tertiary/aromatic N) is 5. The van der Waals surface area contributed by atoms with Gasteiger partial charge in [-0.2, -0.15) is 18.3 Å². The summed E-state index contributed by atoms with van der Waals surface area (Å²) >= 11 is 0. The molecule has 1 N–H and O–H groups in total. The Morgan fingerprint density at radius 2 is 1.96 bits per heavy atom. The molecule has 0 atom stereocenters. The first-order chi connectivity index (χ1) is 12.3. The van der Waals surface area contributed by atoms with Gasteiger partial charge in [0.1, 0.15) is 17.8 Å². The lowest BCUT2D eigenvalue weighted by atomic mass is 10.0. The van der Waals surface area contributed by atoms with Gasteiger partial charge in [-0.05, 0) is 18.9 Å². The number of hydrogen-bond acceptors (Lipinski definition) is 6. The number of aryl methyl sites for hydroxylation is 1. The van der Waals surface area contributed by atoms with E-state index in [0.29, 0.717) is 6.54 Å². The third-order valence-corrected chi connectivity index (χ3v) is 4.30. The van der Waals surface area contributed by atoms with E-state index < -0.39 is 11.9 Å². The van der Waals surface area contributed by atoms with Gasteiger partial charge in [0.2, 0.25) is 0 Å². The summed E-state index contributed by atoms with van der Waals surface area (Å²) < 4.78 is 39.4. The second-order valence-electron chi connectivity index (χ2n) is 6.27. The van der Waals surface area contributed by atoms with E-state index in [1.54, 1.807) is 13.1 Å². The van der Waals surface area contributed by atoms with Crippen LogP contribution in [-0.4, -0.2) is 43.8 Å². The number of alkyl halides is 3. The van der Waals surface area contributed by atoms with Crippen LogP contribution in [0.5, 0.6) is 0 Å². The molecule has 1 fully saturated rings. The molecule has 0 aliphatic carbocycles. The van der Waals surface area contributed by atoms with Crippen LogP contribution in [0.2, 0.25) is 0 Å². The van der Waals surface area contributed by atoms with Gasteiger partial charge in [0.15, 0.2) is 0 Å². The molecule has 0 bridgehead atoms. The molecule has 0 saturated carbocycles. The third kappa shape index (κ3) is 4.57. The lowest BCUT2D eigenvalue weighted by molar-refractivity contribution is -0.141. The highest BCUT2D eigenvalue weighted by Gasteiger charge is 2.33. The SMILES string of the molecule is Cn1nc(CN2CCC(Nc3cc(C(F)(F)F)ncn3)CC2)ccc1=O. The van der Waals surface area contributed by atoms with Gasteiger partial charge < -0.3 is 5.32 Å². The van der Waals surface area contributed by atoms with E-state index in [9.17, 15) is 18.0 Å². The minimum Gasteiger partial charge on any atom is -0.367 e. The maximum absolute atomic E-state index is 12.7. The molecule has 1 aliphatic rings. The van der Waals surface area contributed by atoms with Crippen LogP contribution >= 0.6 is 0 Å². The Kier molecular flexibility index (Phi) is 5.21. The average Bonchev–Trinajstić information content (AvgIpc) is 2.59. The first-order valence-electron chi connectivity index (χ1n) is 8.22. The zero-order valence-corrected chi connectivity index (χ0v) is 14.2. The lowest BCUT2D eigenvalue weighted by Crippen LogP contribution is -2.39. The Morgan fingerprint density at radius 3 is 2.62 bits per heavy atom. The van der Waals surface area contributed by atoms with E-state index in [4.69, 9.17) is 0 Å². The number of piperidine rings is 1. The molecule has 2 aromatic heterocycles. The fourth-order valence-electron chi connectivity index (χ4n) is 2.90. The molecule has 0 aromatic carbocycles. The van der Waals surface area contributed by atoms with Crippen LogP contribution in [0.1, 0.15) is 24.2 Å². The van der Waals surface area contributed by atoms with Crippen molar-refractivity contribution in [3.05, 3.63) is 46.3 Å². The van der Waals surface area contributed by atoms with E-state index in [0.717, 1.165) is 44.0 Å². The predicted octanol–water partition coefficient (Wildman–Crippen LogP) is 1.67. The summed E-state index contributed by atoms with van der Waals surface area (Å²) in [5.41, 5.74) is -0.294. The second-order valence-corrected chi connectivity index (χ2v) is 6.27. The van der Waals surface area contributed by atoms with Crippen molar-refractivity contribution in [3.8, 4) is 0 Å². The van der Waals surface area contributed by atoms with Gasteiger partial charge in [-0.25, -0.2) is 14.6 Å². The van der Waals surface area contributed by atoms with E-state index in [1.165, 1.54) is 10.7 Å². The smallest absolute Gasteiger partial charge is 0.367 e. The molecule has 1 saturated heterocycles. The molecule has 3 rings (SSSR count). The fourth-order valence-corrected chi connectivity index (χ4v) is 2.90. The minimum atomic E-state index is -4.48. The maximum atomic E-state index is 12.7. The van der Waals surface area contributed by atoms with Crippen LogP contribution in [0.4, 0.5) is 19.0 Å². The van der Waals surface area contributed by atoms with Gasteiger partial charge >= 0.3 is 6.18 Å². The number of halogens is 3. The average molecular weight is 368 g/mol. The summed E-state index contributed by atoms with van der Waals surface area (Å²) in [4.78, 5) is 20.7. The Balaban J connectivity index is 1.54.